The second-order valence-electron chi connectivity index (χ2n) is 25.7. The molecule has 0 bridgehead atoms. The molecule has 6 N–H and O–H groups in total. The molecule has 0 aromatic carbocycles. The summed E-state index contributed by atoms with van der Waals surface area (Å²) in [6.45, 7) is 3.80. The van der Waals surface area contributed by atoms with E-state index in [9.17, 15) is 30.3 Å². The van der Waals surface area contributed by atoms with Crippen LogP contribution >= 0.6 is 0 Å². The first kappa shape index (κ1) is 80.9. The number of allylic oxidation sites excluding steroid dienone is 9. The van der Waals surface area contributed by atoms with Gasteiger partial charge in [0, 0.05) is 6.42 Å². The Morgan fingerprint density at radius 2 is 0.706 bits per heavy atom. The van der Waals surface area contributed by atoms with E-state index in [-0.39, 0.29) is 12.5 Å². The van der Waals surface area contributed by atoms with Gasteiger partial charge in [-0.2, -0.15) is 0 Å². The average Bonchev–Trinajstić information content (AvgIpc) is 3.66. The summed E-state index contributed by atoms with van der Waals surface area (Å²) < 4.78 is 11.3. The van der Waals surface area contributed by atoms with Gasteiger partial charge in [0.05, 0.1) is 25.4 Å². The van der Waals surface area contributed by atoms with Gasteiger partial charge in [0.25, 0.3) is 0 Å². The minimum Gasteiger partial charge on any atom is -0.394 e. The number of hydrogen-bond donors (Lipinski definition) is 6. The Bertz CT molecular complexity index is 1530. The fraction of sp³-hybridized carbons (Fsp3) is 0.855. The molecule has 7 unspecified atom stereocenters. The van der Waals surface area contributed by atoms with Crippen molar-refractivity contribution >= 4 is 5.91 Å². The van der Waals surface area contributed by atoms with Crippen LogP contribution in [0.15, 0.2) is 60.8 Å². The molecule has 1 heterocycles. The van der Waals surface area contributed by atoms with Gasteiger partial charge < -0.3 is 40.3 Å². The fourth-order valence-corrected chi connectivity index (χ4v) is 11.8. The molecule has 0 aliphatic carbocycles. The molecule has 7 atom stereocenters. The number of nitrogens with one attached hydrogen (secondary N) is 1. The van der Waals surface area contributed by atoms with Crippen molar-refractivity contribution in [3.05, 3.63) is 60.8 Å². The summed E-state index contributed by atoms with van der Waals surface area (Å²) in [4.78, 5) is 13.1. The molecule has 498 valence electrons. The van der Waals surface area contributed by atoms with E-state index >= 15 is 0 Å². The van der Waals surface area contributed by atoms with Gasteiger partial charge in [-0.25, -0.2) is 0 Å². The maximum atomic E-state index is 13.1. The molecule has 1 fully saturated rings. The summed E-state index contributed by atoms with van der Waals surface area (Å²) in [5.41, 5.74) is 0. The molecular formula is C76H141NO8. The summed E-state index contributed by atoms with van der Waals surface area (Å²) in [5, 5.41) is 54.8. The van der Waals surface area contributed by atoms with E-state index in [2.05, 4.69) is 67.8 Å². The number of carbonyl (C=O) groups excluding carboxylic acids is 1. The van der Waals surface area contributed by atoms with Crippen LogP contribution in [-0.4, -0.2) is 87.5 Å². The van der Waals surface area contributed by atoms with Crippen molar-refractivity contribution in [3.63, 3.8) is 0 Å². The van der Waals surface area contributed by atoms with Crippen LogP contribution in [0.25, 0.3) is 0 Å². The number of ether oxygens (including phenoxy) is 2. The number of rotatable bonds is 65. The Labute approximate surface area is 526 Å². The number of carbonyl (C=O) groups is 1. The lowest BCUT2D eigenvalue weighted by molar-refractivity contribution is -0.302. The first-order valence-corrected chi connectivity index (χ1v) is 37.0. The molecule has 9 heteroatoms. The van der Waals surface area contributed by atoms with Gasteiger partial charge in [-0.05, 0) is 70.6 Å². The zero-order valence-corrected chi connectivity index (χ0v) is 55.9. The number of aliphatic hydroxyl groups is 5. The molecule has 85 heavy (non-hydrogen) atoms. The highest BCUT2D eigenvalue weighted by Crippen LogP contribution is 2.23. The molecule has 0 aromatic heterocycles. The minimum absolute atomic E-state index is 0.180. The van der Waals surface area contributed by atoms with E-state index in [1.807, 2.05) is 6.08 Å². The van der Waals surface area contributed by atoms with E-state index in [1.54, 1.807) is 6.08 Å². The third-order valence-corrected chi connectivity index (χ3v) is 17.6. The topological polar surface area (TPSA) is 149 Å². The van der Waals surface area contributed by atoms with Crippen LogP contribution in [0.1, 0.15) is 361 Å². The Morgan fingerprint density at radius 3 is 1.07 bits per heavy atom. The van der Waals surface area contributed by atoms with Crippen LogP contribution in [0, 0.1) is 0 Å². The lowest BCUT2D eigenvalue weighted by Crippen LogP contribution is -2.60. The summed E-state index contributed by atoms with van der Waals surface area (Å²) in [5.74, 6) is -0.180. The molecular weight excluding hydrogens is 1050 g/mol. The summed E-state index contributed by atoms with van der Waals surface area (Å²) in [7, 11) is 0. The van der Waals surface area contributed by atoms with Gasteiger partial charge in [0.15, 0.2) is 6.29 Å². The first-order valence-electron chi connectivity index (χ1n) is 37.0. The van der Waals surface area contributed by atoms with Gasteiger partial charge in [0.1, 0.15) is 24.4 Å². The average molecular weight is 1200 g/mol. The van der Waals surface area contributed by atoms with Crippen LogP contribution in [0.2, 0.25) is 0 Å². The molecule has 1 rings (SSSR count). The number of hydrogen-bond acceptors (Lipinski definition) is 8. The Hall–Kier alpha value is -2.11. The third kappa shape index (κ3) is 53.4. The smallest absolute Gasteiger partial charge is 0.220 e. The van der Waals surface area contributed by atoms with Gasteiger partial charge >= 0.3 is 0 Å². The lowest BCUT2D eigenvalue weighted by atomic mass is 9.99. The minimum atomic E-state index is -1.57. The van der Waals surface area contributed by atoms with Crippen LogP contribution in [-0.2, 0) is 14.3 Å². The van der Waals surface area contributed by atoms with Crippen LogP contribution in [0.5, 0.6) is 0 Å². The SMILES string of the molecule is CCCCCCC/C=C\C/C=C\C/C=C\CCCCCCCCCCCCCCCCCCCCCCCCCCC(=O)NC(COC1OC(CO)C(O)C(O)C1O)C(O)/C=C/CC/C=C/CCCCCCCCCCCCCCCCCCC. The lowest BCUT2D eigenvalue weighted by Gasteiger charge is -2.40. The van der Waals surface area contributed by atoms with Crippen LogP contribution in [0.3, 0.4) is 0 Å². The van der Waals surface area contributed by atoms with Crippen LogP contribution in [0.4, 0.5) is 0 Å². The van der Waals surface area contributed by atoms with Crippen molar-refractivity contribution in [2.24, 2.45) is 0 Å². The Kier molecular flexibility index (Phi) is 61.7. The number of amides is 1. The highest BCUT2D eigenvalue weighted by Gasteiger charge is 2.44. The maximum absolute atomic E-state index is 13.1. The highest BCUT2D eigenvalue weighted by atomic mass is 16.7. The zero-order chi connectivity index (χ0) is 61.4. The molecule has 0 saturated carbocycles. The molecule has 0 spiro atoms. The van der Waals surface area contributed by atoms with E-state index in [4.69, 9.17) is 9.47 Å². The zero-order valence-electron chi connectivity index (χ0n) is 55.9. The Morgan fingerprint density at radius 1 is 0.400 bits per heavy atom. The highest BCUT2D eigenvalue weighted by molar-refractivity contribution is 5.76. The molecule has 1 amide bonds. The van der Waals surface area contributed by atoms with E-state index in [0.717, 1.165) is 51.4 Å². The maximum Gasteiger partial charge on any atom is 0.220 e. The number of unbranched alkanes of at least 4 members (excludes halogenated alkanes) is 47. The molecule has 1 saturated heterocycles. The standard InChI is InChI=1S/C76H141NO8/c1-3-5-7-9-11-13-15-17-19-21-23-25-27-28-29-30-31-32-33-34-35-36-37-38-39-40-41-42-44-46-48-50-52-54-56-58-60-62-64-66-72(80)77-69(68-84-76-75(83)74(82)73(81)71(67-78)85-76)70(79)65-63-61-59-57-55-53-51-49-47-45-43-26-24-22-20-18-16-14-12-10-8-6-4-2/h15,17,21,23,27-28,55,57,63,65,69-71,73-76,78-79,81-83H,3-14,16,18-20,22,24-26,29-54,56,58-62,64,66-68H2,1-2H3,(H,77,80)/b17-15-,23-21-,28-27-,57-55+,65-63+. The first-order chi connectivity index (χ1) is 41.8. The second-order valence-corrected chi connectivity index (χ2v) is 25.7. The Balaban J connectivity index is 2.08. The molecule has 9 nitrogen and oxygen atoms in total. The summed E-state index contributed by atoms with van der Waals surface area (Å²) in [6, 6.07) is -0.823. The van der Waals surface area contributed by atoms with Crippen molar-refractivity contribution in [3.8, 4) is 0 Å². The normalized spacial score (nSPS) is 18.4. The van der Waals surface area contributed by atoms with E-state index in [0.29, 0.717) is 6.42 Å². The van der Waals surface area contributed by atoms with Gasteiger partial charge in [-0.15, -0.1) is 0 Å². The molecule has 0 radical (unpaired) electrons. The van der Waals surface area contributed by atoms with Crippen molar-refractivity contribution in [2.45, 2.75) is 403 Å². The fourth-order valence-electron chi connectivity index (χ4n) is 11.8. The quantitative estimate of drug-likeness (QED) is 0.0261. The van der Waals surface area contributed by atoms with Crippen molar-refractivity contribution in [1.29, 1.82) is 0 Å². The second kappa shape index (κ2) is 64.9. The van der Waals surface area contributed by atoms with Crippen LogP contribution < -0.4 is 5.32 Å². The molecule has 0 aromatic rings. The van der Waals surface area contributed by atoms with E-state index in [1.165, 1.54) is 289 Å². The molecule has 1 aliphatic heterocycles. The number of aliphatic hydroxyl groups excluding tert-OH is 5. The van der Waals surface area contributed by atoms with Crippen molar-refractivity contribution in [2.75, 3.05) is 13.2 Å². The van der Waals surface area contributed by atoms with Gasteiger partial charge in [-0.1, -0.05) is 344 Å². The van der Waals surface area contributed by atoms with E-state index < -0.39 is 49.5 Å². The van der Waals surface area contributed by atoms with Gasteiger partial charge in [-0.3, -0.25) is 4.79 Å². The van der Waals surface area contributed by atoms with Gasteiger partial charge in [0.2, 0.25) is 5.91 Å². The predicted octanol–water partition coefficient (Wildman–Crippen LogP) is 20.5. The monoisotopic (exact) mass is 1200 g/mol. The largest absolute Gasteiger partial charge is 0.394 e. The predicted molar refractivity (Wildman–Crippen MR) is 364 cm³/mol. The third-order valence-electron chi connectivity index (χ3n) is 17.6. The van der Waals surface area contributed by atoms with Crippen molar-refractivity contribution in [1.82, 2.24) is 5.32 Å². The summed E-state index contributed by atoms with van der Waals surface area (Å²) in [6.07, 6.45) is 83.5. The summed E-state index contributed by atoms with van der Waals surface area (Å²) >= 11 is 0. The van der Waals surface area contributed by atoms with Crippen molar-refractivity contribution < 1.29 is 39.8 Å². The molecule has 1 aliphatic rings.